The Morgan fingerprint density at radius 1 is 1.25 bits per heavy atom. The molecule has 1 heterocycles. The van der Waals surface area contributed by atoms with Gasteiger partial charge in [0.2, 0.25) is 0 Å². The summed E-state index contributed by atoms with van der Waals surface area (Å²) in [5, 5.41) is 2.81. The molecule has 5 nitrogen and oxygen atoms in total. The Labute approximate surface area is 146 Å². The molecule has 1 atom stereocenters. The zero-order chi connectivity index (χ0) is 17.7. The second-order valence-electron chi connectivity index (χ2n) is 5.50. The fourth-order valence-corrected chi connectivity index (χ4v) is 2.60. The molecule has 1 aromatic heterocycles. The highest BCUT2D eigenvalue weighted by atomic mass is 35.5. The molecular formula is C18H19ClN2O3. The monoisotopic (exact) mass is 346 g/mol. The van der Waals surface area contributed by atoms with E-state index < -0.39 is 12.1 Å². The lowest BCUT2D eigenvalue weighted by Gasteiger charge is -2.15. The number of hydrogen-bond donors (Lipinski definition) is 1. The van der Waals surface area contributed by atoms with Crippen LogP contribution in [0, 0.1) is 13.8 Å². The van der Waals surface area contributed by atoms with Crippen LogP contribution in [0.4, 0.5) is 0 Å². The molecular weight excluding hydrogens is 328 g/mol. The van der Waals surface area contributed by atoms with Gasteiger partial charge >= 0.3 is 5.97 Å². The van der Waals surface area contributed by atoms with E-state index in [2.05, 4.69) is 10.3 Å². The van der Waals surface area contributed by atoms with Gasteiger partial charge in [-0.15, -0.1) is 0 Å². The number of hydrogen-bond acceptors (Lipinski definition) is 4. The van der Waals surface area contributed by atoms with Crippen LogP contribution in [0.3, 0.4) is 0 Å². The maximum atomic E-state index is 12.3. The zero-order valence-electron chi connectivity index (χ0n) is 13.8. The van der Waals surface area contributed by atoms with E-state index in [1.165, 1.54) is 6.92 Å². The standard InChI is InChI=1S/C18H19ClN2O3/c1-11-9-12(2)21-16(19)15(11)18(23)24-13(3)17(22)20-10-14-7-5-4-6-8-14/h4-9,13H,10H2,1-3H3,(H,20,22)/t13-/m0/s1. The van der Waals surface area contributed by atoms with Crippen molar-refractivity contribution in [3.05, 3.63) is 63.9 Å². The average Bonchev–Trinajstić information content (AvgIpc) is 2.52. The van der Waals surface area contributed by atoms with E-state index in [4.69, 9.17) is 16.3 Å². The van der Waals surface area contributed by atoms with Crippen molar-refractivity contribution in [1.82, 2.24) is 10.3 Å². The van der Waals surface area contributed by atoms with E-state index >= 15 is 0 Å². The fraction of sp³-hybridized carbons (Fsp3) is 0.278. The van der Waals surface area contributed by atoms with Crippen LogP contribution in [-0.2, 0) is 16.1 Å². The van der Waals surface area contributed by atoms with Gasteiger partial charge in [-0.3, -0.25) is 4.79 Å². The van der Waals surface area contributed by atoms with E-state index in [1.807, 2.05) is 30.3 Å². The Balaban J connectivity index is 1.97. The number of aryl methyl sites for hydroxylation is 2. The van der Waals surface area contributed by atoms with Gasteiger partial charge in [-0.05, 0) is 38.0 Å². The lowest BCUT2D eigenvalue weighted by Crippen LogP contribution is -2.35. The second-order valence-corrected chi connectivity index (χ2v) is 5.86. The van der Waals surface area contributed by atoms with Crippen LogP contribution in [-0.4, -0.2) is 23.0 Å². The van der Waals surface area contributed by atoms with Crippen molar-refractivity contribution in [2.24, 2.45) is 0 Å². The van der Waals surface area contributed by atoms with Crippen molar-refractivity contribution in [3.8, 4) is 0 Å². The van der Waals surface area contributed by atoms with Crippen molar-refractivity contribution < 1.29 is 14.3 Å². The number of esters is 1. The van der Waals surface area contributed by atoms with Gasteiger partial charge in [-0.25, -0.2) is 9.78 Å². The number of benzene rings is 1. The van der Waals surface area contributed by atoms with Gasteiger partial charge in [0.15, 0.2) is 6.10 Å². The van der Waals surface area contributed by atoms with E-state index in [1.54, 1.807) is 19.9 Å². The van der Waals surface area contributed by atoms with Crippen LogP contribution in [0.25, 0.3) is 0 Å². The predicted molar refractivity (Wildman–Crippen MR) is 91.9 cm³/mol. The van der Waals surface area contributed by atoms with Crippen LogP contribution in [0.2, 0.25) is 5.15 Å². The van der Waals surface area contributed by atoms with E-state index in [9.17, 15) is 9.59 Å². The van der Waals surface area contributed by atoms with Crippen molar-refractivity contribution in [2.45, 2.75) is 33.4 Å². The summed E-state index contributed by atoms with van der Waals surface area (Å²) in [7, 11) is 0. The van der Waals surface area contributed by atoms with Gasteiger partial charge in [0.1, 0.15) is 5.15 Å². The minimum Gasteiger partial charge on any atom is -0.449 e. The van der Waals surface area contributed by atoms with Crippen molar-refractivity contribution in [2.75, 3.05) is 0 Å². The summed E-state index contributed by atoms with van der Waals surface area (Å²) < 4.78 is 5.21. The smallest absolute Gasteiger partial charge is 0.342 e. The fourth-order valence-electron chi connectivity index (χ4n) is 2.24. The van der Waals surface area contributed by atoms with Crippen molar-refractivity contribution in [3.63, 3.8) is 0 Å². The number of aromatic nitrogens is 1. The first-order chi connectivity index (χ1) is 11.4. The molecule has 0 radical (unpaired) electrons. The molecule has 2 rings (SSSR count). The number of carbonyl (C=O) groups excluding carboxylic acids is 2. The van der Waals surface area contributed by atoms with Crippen LogP contribution >= 0.6 is 11.6 Å². The second kappa shape index (κ2) is 7.93. The van der Waals surface area contributed by atoms with Crippen LogP contribution in [0.5, 0.6) is 0 Å². The van der Waals surface area contributed by atoms with Crippen LogP contribution in [0.15, 0.2) is 36.4 Å². The molecule has 0 unspecified atom stereocenters. The first-order valence-corrected chi connectivity index (χ1v) is 7.92. The number of nitrogens with zero attached hydrogens (tertiary/aromatic N) is 1. The van der Waals surface area contributed by atoms with Gasteiger partial charge in [0, 0.05) is 12.2 Å². The minimum absolute atomic E-state index is 0.0781. The molecule has 1 amide bonds. The molecule has 0 saturated heterocycles. The first-order valence-electron chi connectivity index (χ1n) is 7.55. The highest BCUT2D eigenvalue weighted by molar-refractivity contribution is 6.32. The molecule has 0 spiro atoms. The summed E-state index contributed by atoms with van der Waals surface area (Å²) >= 11 is 6.02. The number of rotatable bonds is 5. The third-order valence-corrected chi connectivity index (χ3v) is 3.74. The summed E-state index contributed by atoms with van der Waals surface area (Å²) in [4.78, 5) is 28.4. The summed E-state index contributed by atoms with van der Waals surface area (Å²) in [6.45, 7) is 5.42. The number of ether oxygens (including phenoxy) is 1. The van der Waals surface area contributed by atoms with E-state index in [0.29, 0.717) is 17.8 Å². The SMILES string of the molecule is Cc1cc(C)c(C(=O)O[C@@H](C)C(=O)NCc2ccccc2)c(Cl)n1. The molecule has 126 valence electrons. The quantitative estimate of drug-likeness (QED) is 0.666. The van der Waals surface area contributed by atoms with Gasteiger partial charge in [-0.2, -0.15) is 0 Å². The highest BCUT2D eigenvalue weighted by Crippen LogP contribution is 2.20. The Kier molecular flexibility index (Phi) is 5.93. The topological polar surface area (TPSA) is 68.3 Å². The lowest BCUT2D eigenvalue weighted by atomic mass is 10.1. The number of carbonyl (C=O) groups is 2. The Hall–Kier alpha value is -2.40. The zero-order valence-corrected chi connectivity index (χ0v) is 14.6. The number of pyridine rings is 1. The molecule has 0 bridgehead atoms. The maximum absolute atomic E-state index is 12.3. The molecule has 0 fully saturated rings. The van der Waals surface area contributed by atoms with Crippen LogP contribution < -0.4 is 5.32 Å². The van der Waals surface area contributed by atoms with Crippen molar-refractivity contribution >= 4 is 23.5 Å². The third kappa shape index (κ3) is 4.55. The third-order valence-electron chi connectivity index (χ3n) is 3.47. The number of halogens is 1. The molecule has 24 heavy (non-hydrogen) atoms. The summed E-state index contributed by atoms with van der Waals surface area (Å²) in [5.41, 5.74) is 2.52. The molecule has 1 aromatic carbocycles. The Morgan fingerprint density at radius 3 is 2.54 bits per heavy atom. The molecule has 0 saturated carbocycles. The van der Waals surface area contributed by atoms with Gasteiger partial charge in [-0.1, -0.05) is 41.9 Å². The molecule has 6 heteroatoms. The number of amides is 1. The van der Waals surface area contributed by atoms with E-state index in [-0.39, 0.29) is 16.6 Å². The Morgan fingerprint density at radius 2 is 1.92 bits per heavy atom. The molecule has 2 aromatic rings. The van der Waals surface area contributed by atoms with Crippen LogP contribution in [0.1, 0.15) is 34.1 Å². The summed E-state index contributed by atoms with van der Waals surface area (Å²) in [6, 6.07) is 11.2. The molecule has 0 aliphatic rings. The maximum Gasteiger partial charge on any atom is 0.342 e. The van der Waals surface area contributed by atoms with Gasteiger partial charge in [0.25, 0.3) is 5.91 Å². The Bertz CT molecular complexity index is 724. The van der Waals surface area contributed by atoms with Crippen molar-refractivity contribution in [1.29, 1.82) is 0 Å². The summed E-state index contributed by atoms with van der Waals surface area (Å²) in [5.74, 6) is -1.03. The highest BCUT2D eigenvalue weighted by Gasteiger charge is 2.22. The molecule has 0 aliphatic carbocycles. The average molecular weight is 347 g/mol. The van der Waals surface area contributed by atoms with Gasteiger partial charge < -0.3 is 10.1 Å². The predicted octanol–water partition coefficient (Wildman–Crippen LogP) is 3.21. The largest absolute Gasteiger partial charge is 0.449 e. The number of nitrogens with one attached hydrogen (secondary N) is 1. The minimum atomic E-state index is -0.932. The first kappa shape index (κ1) is 17.9. The summed E-state index contributed by atoms with van der Waals surface area (Å²) in [6.07, 6.45) is -0.932. The lowest BCUT2D eigenvalue weighted by molar-refractivity contribution is -0.129. The normalized spacial score (nSPS) is 11.7. The van der Waals surface area contributed by atoms with E-state index in [0.717, 1.165) is 5.56 Å². The molecule has 1 N–H and O–H groups in total. The molecule has 0 aliphatic heterocycles. The van der Waals surface area contributed by atoms with Gasteiger partial charge in [0.05, 0.1) is 5.56 Å².